The summed E-state index contributed by atoms with van der Waals surface area (Å²) in [4.78, 5) is 0. The van der Waals surface area contributed by atoms with Gasteiger partial charge in [0.2, 0.25) is 11.2 Å². The smallest absolute Gasteiger partial charge is 0.301 e. The van der Waals surface area contributed by atoms with E-state index in [4.69, 9.17) is 0 Å². The Balaban J connectivity index is 1.86. The maximum absolute atomic E-state index is 12.6. The molecule has 1 aromatic rings. The highest BCUT2D eigenvalue weighted by Gasteiger charge is 2.20. The summed E-state index contributed by atoms with van der Waals surface area (Å²) in [6.45, 7) is 0. The number of hydrogen-bond acceptors (Lipinski definition) is 5. The van der Waals surface area contributed by atoms with E-state index in [-0.39, 0.29) is 18.2 Å². The average molecular weight is 351 g/mol. The molecule has 0 saturated heterocycles. The topological polar surface area (TPSA) is 51.9 Å². The monoisotopic (exact) mass is 351 g/mol. The van der Waals surface area contributed by atoms with Gasteiger partial charge in [-0.15, -0.1) is 10.2 Å². The van der Waals surface area contributed by atoms with Gasteiger partial charge in [-0.3, -0.25) is 0 Å². The Morgan fingerprint density at radius 2 is 2.00 bits per heavy atom. The van der Waals surface area contributed by atoms with Crippen molar-refractivity contribution in [2.45, 2.75) is 48.9 Å². The van der Waals surface area contributed by atoms with E-state index in [9.17, 15) is 18.4 Å². The first-order valence-corrected chi connectivity index (χ1v) is 8.83. The highest BCUT2D eigenvalue weighted by molar-refractivity contribution is 8.01. The second-order valence-electron chi connectivity index (χ2n) is 4.95. The Kier molecular flexibility index (Phi) is 6.69. The lowest BCUT2D eigenvalue weighted by Gasteiger charge is -2.20. The minimum Gasteiger partial charge on any atom is -0.624 e. The molecule has 9 heteroatoms. The Hall–Kier alpha value is -1.09. The lowest BCUT2D eigenvalue weighted by atomic mass is 9.96. The van der Waals surface area contributed by atoms with Crippen LogP contribution in [0.1, 0.15) is 43.5 Å². The summed E-state index contributed by atoms with van der Waals surface area (Å²) < 4.78 is 37.9. The lowest BCUT2D eigenvalue weighted by molar-refractivity contribution is -0.500. The minimum absolute atomic E-state index is 0.000477. The summed E-state index contributed by atoms with van der Waals surface area (Å²) in [6, 6.07) is 0.000477. The molecule has 0 radical (unpaired) electrons. The van der Waals surface area contributed by atoms with Crippen LogP contribution in [0.2, 0.25) is 0 Å². The fourth-order valence-corrected chi connectivity index (χ4v) is 4.00. The molecule has 122 valence electrons. The summed E-state index contributed by atoms with van der Waals surface area (Å²) in [5.41, 5.74) is 0. The van der Waals surface area contributed by atoms with Crippen molar-refractivity contribution in [3.8, 4) is 0 Å². The quantitative estimate of drug-likeness (QED) is 0.251. The molecule has 1 fully saturated rings. The van der Waals surface area contributed by atoms with Gasteiger partial charge < -0.3 is 5.21 Å². The van der Waals surface area contributed by atoms with Gasteiger partial charge in [-0.2, -0.15) is 8.78 Å². The molecule has 22 heavy (non-hydrogen) atoms. The lowest BCUT2D eigenvalue weighted by Crippen LogP contribution is -2.25. The van der Waals surface area contributed by atoms with Gasteiger partial charge >= 0.3 is 6.08 Å². The molecular formula is C13H16F3N3OS2. The van der Waals surface area contributed by atoms with Crippen LogP contribution in [0.25, 0.3) is 0 Å². The number of halogens is 3. The van der Waals surface area contributed by atoms with E-state index in [1.807, 2.05) is 0 Å². The van der Waals surface area contributed by atoms with Gasteiger partial charge in [0.1, 0.15) is 0 Å². The molecule has 1 saturated carbocycles. The molecule has 0 N–H and O–H groups in total. The molecule has 1 aliphatic carbocycles. The third-order valence-corrected chi connectivity index (χ3v) is 5.34. The van der Waals surface area contributed by atoms with E-state index < -0.39 is 11.9 Å². The van der Waals surface area contributed by atoms with E-state index in [1.54, 1.807) is 0 Å². The Morgan fingerprint density at radius 3 is 2.68 bits per heavy atom. The Bertz CT molecular complexity index is 552. The van der Waals surface area contributed by atoms with Gasteiger partial charge in [-0.1, -0.05) is 29.5 Å². The predicted molar refractivity (Wildman–Crippen MR) is 81.3 cm³/mol. The highest BCUT2D eigenvalue weighted by Crippen LogP contribution is 2.25. The van der Waals surface area contributed by atoms with Crippen molar-refractivity contribution in [3.05, 3.63) is 22.1 Å². The molecule has 0 atom stereocenters. The molecule has 0 aromatic carbocycles. The van der Waals surface area contributed by atoms with Crippen LogP contribution in [0.15, 0.2) is 16.2 Å². The van der Waals surface area contributed by atoms with Crippen molar-refractivity contribution >= 4 is 29.3 Å². The third kappa shape index (κ3) is 5.28. The van der Waals surface area contributed by atoms with Crippen LogP contribution >= 0.6 is 23.1 Å². The Morgan fingerprint density at radius 1 is 1.27 bits per heavy atom. The van der Waals surface area contributed by atoms with Crippen LogP contribution in [-0.2, 0) is 0 Å². The van der Waals surface area contributed by atoms with E-state index >= 15 is 0 Å². The zero-order valence-corrected chi connectivity index (χ0v) is 13.4. The number of allylic oxidation sites excluding steroid dienone is 1. The van der Waals surface area contributed by atoms with E-state index in [0.717, 1.165) is 42.2 Å². The van der Waals surface area contributed by atoms with E-state index in [1.165, 1.54) is 24.0 Å². The standard InChI is InChI=1S/C13H16F3N3OS2/c14-10(12(15)16)6-7-21-13-18-17-11(22-13)8-19(20)9-4-2-1-3-5-9/h8-9H,1-7H2/b19-8-. The molecule has 1 heterocycles. The molecule has 0 aliphatic heterocycles. The number of thioether (sulfide) groups is 1. The number of nitrogens with zero attached hydrogens (tertiary/aromatic N) is 3. The first-order chi connectivity index (χ1) is 10.6. The fourth-order valence-electron chi connectivity index (χ4n) is 2.20. The van der Waals surface area contributed by atoms with Crippen molar-refractivity contribution in [1.29, 1.82) is 0 Å². The van der Waals surface area contributed by atoms with Crippen LogP contribution in [-0.4, -0.2) is 32.9 Å². The van der Waals surface area contributed by atoms with Crippen molar-refractivity contribution in [2.24, 2.45) is 0 Å². The summed E-state index contributed by atoms with van der Waals surface area (Å²) in [6.07, 6.45) is 3.90. The zero-order chi connectivity index (χ0) is 15.9. The van der Waals surface area contributed by atoms with Crippen LogP contribution < -0.4 is 0 Å². The van der Waals surface area contributed by atoms with E-state index in [0.29, 0.717) is 9.35 Å². The normalized spacial score (nSPS) is 16.8. The largest absolute Gasteiger partial charge is 0.624 e. The van der Waals surface area contributed by atoms with Crippen molar-refractivity contribution in [3.63, 3.8) is 0 Å². The van der Waals surface area contributed by atoms with Crippen molar-refractivity contribution in [1.82, 2.24) is 10.2 Å². The van der Waals surface area contributed by atoms with Crippen LogP contribution in [0.4, 0.5) is 13.2 Å². The van der Waals surface area contributed by atoms with E-state index in [2.05, 4.69) is 10.2 Å². The molecule has 0 spiro atoms. The number of rotatable bonds is 6. The fraction of sp³-hybridized carbons (Fsp3) is 0.615. The molecule has 1 aromatic heterocycles. The van der Waals surface area contributed by atoms with Gasteiger partial charge in [-0.25, -0.2) is 9.13 Å². The highest BCUT2D eigenvalue weighted by atomic mass is 32.2. The molecule has 0 amide bonds. The van der Waals surface area contributed by atoms with Gasteiger partial charge in [0.05, 0.1) is 0 Å². The van der Waals surface area contributed by atoms with Crippen LogP contribution in [0, 0.1) is 5.21 Å². The van der Waals surface area contributed by atoms with Crippen LogP contribution in [0.3, 0.4) is 0 Å². The molecule has 0 bridgehead atoms. The van der Waals surface area contributed by atoms with Gasteiger partial charge in [0, 0.05) is 25.0 Å². The van der Waals surface area contributed by atoms with Gasteiger partial charge in [-0.05, 0) is 12.8 Å². The van der Waals surface area contributed by atoms with Gasteiger partial charge in [0.25, 0.3) is 0 Å². The summed E-state index contributed by atoms with van der Waals surface area (Å²) in [5.74, 6) is -1.24. The second kappa shape index (κ2) is 8.52. The summed E-state index contributed by atoms with van der Waals surface area (Å²) >= 11 is 2.35. The number of hydroxylamine groups is 1. The maximum Gasteiger partial charge on any atom is 0.301 e. The molecule has 0 unspecified atom stereocenters. The van der Waals surface area contributed by atoms with Crippen LogP contribution in [0.5, 0.6) is 0 Å². The SMILES string of the molecule is [O-]/[N+](=C\c1nnc(SCCC(F)=C(F)F)s1)C1CCCCC1. The second-order valence-corrected chi connectivity index (χ2v) is 7.30. The molecule has 2 rings (SSSR count). The Labute approximate surface area is 134 Å². The first kappa shape index (κ1) is 17.3. The summed E-state index contributed by atoms with van der Waals surface area (Å²) in [7, 11) is 0. The van der Waals surface area contributed by atoms with Crippen molar-refractivity contribution < 1.29 is 17.9 Å². The molecule has 4 nitrogen and oxygen atoms in total. The van der Waals surface area contributed by atoms with Crippen molar-refractivity contribution in [2.75, 3.05) is 5.75 Å². The predicted octanol–water partition coefficient (Wildman–Crippen LogP) is 4.36. The summed E-state index contributed by atoms with van der Waals surface area (Å²) in [5, 5.41) is 20.2. The minimum atomic E-state index is -2.28. The average Bonchev–Trinajstić information content (AvgIpc) is 2.95. The third-order valence-electron chi connectivity index (χ3n) is 3.35. The maximum atomic E-state index is 12.6. The zero-order valence-electron chi connectivity index (χ0n) is 11.8. The van der Waals surface area contributed by atoms with Gasteiger partial charge in [0.15, 0.2) is 16.2 Å². The molecular weight excluding hydrogens is 335 g/mol. The number of hydrogen-bond donors (Lipinski definition) is 0. The first-order valence-electron chi connectivity index (χ1n) is 7.02. The number of aromatic nitrogens is 2. The molecule has 1 aliphatic rings.